The van der Waals surface area contributed by atoms with Gasteiger partial charge in [0.05, 0.1) is 28.2 Å². The van der Waals surface area contributed by atoms with Crippen LogP contribution < -0.4 is 19.7 Å². The molecule has 2 aromatic carbocycles. The Balaban J connectivity index is 1.19. The van der Waals surface area contributed by atoms with Crippen molar-refractivity contribution in [2.45, 2.75) is 64.2 Å². The number of sulfonamides is 1. The molecule has 4 N–H and O–H groups in total. The number of aliphatic hydroxyl groups is 1. The maximum Gasteiger partial charge on any atom is 0.293 e. The number of fused-ring (bicyclic) bond motifs is 1. The van der Waals surface area contributed by atoms with E-state index in [0.29, 0.717) is 42.9 Å². The molecule has 0 unspecified atom stereocenters. The Bertz CT molecular complexity index is 2330. The number of nitro groups is 1. The van der Waals surface area contributed by atoms with Crippen LogP contribution in [0.5, 0.6) is 11.5 Å². The van der Waals surface area contributed by atoms with Gasteiger partial charge in [0.25, 0.3) is 21.6 Å². The van der Waals surface area contributed by atoms with Crippen molar-refractivity contribution in [3.05, 3.63) is 99.9 Å². The van der Waals surface area contributed by atoms with Gasteiger partial charge >= 0.3 is 0 Å². The number of anilines is 2. The highest BCUT2D eigenvalue weighted by Gasteiger charge is 2.30. The molecule has 15 nitrogen and oxygen atoms in total. The molecule has 1 fully saturated rings. The Morgan fingerprint density at radius 2 is 1.88 bits per heavy atom. The molecule has 2 aliphatic rings. The van der Waals surface area contributed by atoms with Crippen molar-refractivity contribution in [3.8, 4) is 11.5 Å². The Morgan fingerprint density at radius 1 is 1.10 bits per heavy atom. The Morgan fingerprint density at radius 3 is 2.62 bits per heavy atom. The molecule has 0 radical (unpaired) electrons. The molecule has 322 valence electrons. The molecule has 60 heavy (non-hydrogen) atoms. The van der Waals surface area contributed by atoms with E-state index in [4.69, 9.17) is 9.84 Å². The Labute approximate surface area is 352 Å². The summed E-state index contributed by atoms with van der Waals surface area (Å²) in [7, 11) is -2.70. The third-order valence-electron chi connectivity index (χ3n) is 11.3. The summed E-state index contributed by atoms with van der Waals surface area (Å²) in [5.74, 6) is -0.474. The molecule has 16 heteroatoms. The fraction of sp³-hybridized carbons (Fsp3) is 0.455. The minimum absolute atomic E-state index is 0.0246. The predicted molar refractivity (Wildman–Crippen MR) is 235 cm³/mol. The number of nitrogens with one attached hydrogen (secondary N) is 3. The number of benzene rings is 2. The number of H-pyrrole nitrogens is 1. The van der Waals surface area contributed by atoms with Crippen LogP contribution in [0.15, 0.2) is 89.1 Å². The van der Waals surface area contributed by atoms with Crippen LogP contribution in [0, 0.1) is 15.5 Å². The molecule has 0 spiro atoms. The number of aromatic amines is 1. The molecule has 2 aromatic heterocycles. The van der Waals surface area contributed by atoms with Crippen LogP contribution >= 0.6 is 0 Å². The van der Waals surface area contributed by atoms with Gasteiger partial charge in [0.2, 0.25) is 0 Å². The molecule has 0 bridgehead atoms. The first-order valence-electron chi connectivity index (χ1n) is 20.6. The highest BCUT2D eigenvalue weighted by Crippen LogP contribution is 2.41. The van der Waals surface area contributed by atoms with Gasteiger partial charge in [-0.2, -0.15) is 0 Å². The summed E-state index contributed by atoms with van der Waals surface area (Å²) >= 11 is 0. The van der Waals surface area contributed by atoms with E-state index in [1.807, 2.05) is 18.0 Å². The zero-order valence-corrected chi connectivity index (χ0v) is 35.9. The predicted octanol–water partition coefficient (Wildman–Crippen LogP) is 7.09. The van der Waals surface area contributed by atoms with Crippen LogP contribution in [0.3, 0.4) is 0 Å². The van der Waals surface area contributed by atoms with Crippen molar-refractivity contribution in [1.82, 2.24) is 24.5 Å². The number of allylic oxidation sites excluding steroid dienone is 2. The van der Waals surface area contributed by atoms with Gasteiger partial charge in [0.1, 0.15) is 22.8 Å². The monoisotopic (exact) mass is 842 g/mol. The van der Waals surface area contributed by atoms with E-state index in [-0.39, 0.29) is 23.6 Å². The number of nitrogens with zero attached hydrogens (tertiary/aromatic N) is 5. The van der Waals surface area contributed by atoms with Crippen molar-refractivity contribution in [2.75, 3.05) is 76.2 Å². The number of nitro benzene ring substituents is 1. The number of carbonyl (C=O) groups excluding carboxylic acids is 1. The van der Waals surface area contributed by atoms with E-state index in [1.54, 1.807) is 41.6 Å². The van der Waals surface area contributed by atoms with Crippen molar-refractivity contribution in [2.24, 2.45) is 5.41 Å². The van der Waals surface area contributed by atoms with Crippen molar-refractivity contribution in [1.29, 1.82) is 0 Å². The molecule has 1 aliphatic carbocycles. The zero-order valence-electron chi connectivity index (χ0n) is 35.1. The van der Waals surface area contributed by atoms with Crippen LogP contribution in [0.1, 0.15) is 69.7 Å². The summed E-state index contributed by atoms with van der Waals surface area (Å²) in [6.45, 7) is 16.7. The first-order chi connectivity index (χ1) is 28.6. The molecule has 0 saturated carbocycles. The highest BCUT2D eigenvalue weighted by atomic mass is 32.2. The van der Waals surface area contributed by atoms with Gasteiger partial charge in [0.15, 0.2) is 0 Å². The van der Waals surface area contributed by atoms with Crippen LogP contribution in [0.25, 0.3) is 11.0 Å². The van der Waals surface area contributed by atoms with Crippen LogP contribution in [0.2, 0.25) is 0 Å². The minimum atomic E-state index is -4.56. The fourth-order valence-electron chi connectivity index (χ4n) is 7.86. The normalized spacial score (nSPS) is 16.0. The van der Waals surface area contributed by atoms with Crippen LogP contribution in [0.4, 0.5) is 17.1 Å². The minimum Gasteiger partial charge on any atom is -0.455 e. The molecule has 3 heterocycles. The number of carbonyl (C=O) groups is 1. The number of amides is 1. The summed E-state index contributed by atoms with van der Waals surface area (Å²) in [5.41, 5.74) is 5.81. The number of ether oxygens (including phenoxy) is 1. The van der Waals surface area contributed by atoms with Gasteiger partial charge in [-0.3, -0.25) is 19.8 Å². The summed E-state index contributed by atoms with van der Waals surface area (Å²) in [6, 6.07) is 12.2. The smallest absolute Gasteiger partial charge is 0.293 e. The van der Waals surface area contributed by atoms with Crippen LogP contribution in [-0.2, 0) is 10.0 Å². The number of hydrogen-bond donors (Lipinski definition) is 4. The van der Waals surface area contributed by atoms with Crippen molar-refractivity contribution in [3.63, 3.8) is 0 Å². The Kier molecular flexibility index (Phi) is 14.3. The lowest BCUT2D eigenvalue weighted by molar-refractivity contribution is -0.384. The van der Waals surface area contributed by atoms with Gasteiger partial charge in [0, 0.05) is 75.2 Å². The van der Waals surface area contributed by atoms with Gasteiger partial charge in [-0.1, -0.05) is 30.6 Å². The van der Waals surface area contributed by atoms with Gasteiger partial charge in [-0.25, -0.2) is 18.1 Å². The van der Waals surface area contributed by atoms with Gasteiger partial charge in [-0.15, -0.1) is 6.58 Å². The van der Waals surface area contributed by atoms with Crippen LogP contribution in [-0.4, -0.2) is 110 Å². The lowest BCUT2D eigenvalue weighted by Crippen LogP contribution is -2.47. The first-order valence-corrected chi connectivity index (χ1v) is 22.0. The maximum atomic E-state index is 13.9. The van der Waals surface area contributed by atoms with E-state index in [9.17, 15) is 23.3 Å². The Hall–Kier alpha value is -5.29. The summed E-state index contributed by atoms with van der Waals surface area (Å²) < 4.78 is 35.6. The summed E-state index contributed by atoms with van der Waals surface area (Å²) in [4.78, 5) is 38.9. The van der Waals surface area contributed by atoms with Crippen molar-refractivity contribution < 1.29 is 28.0 Å². The second-order valence-corrected chi connectivity index (χ2v) is 18.5. The molecule has 1 amide bonds. The third kappa shape index (κ3) is 11.5. The average Bonchev–Trinajstić information content (AvgIpc) is 3.68. The molecule has 1 aliphatic heterocycles. The number of likely N-dealkylation sites (N-methyl/N-ethyl adjacent to an activating group) is 1. The summed E-state index contributed by atoms with van der Waals surface area (Å²) in [5, 5.41) is 24.9. The first kappa shape index (κ1) is 44.3. The van der Waals surface area contributed by atoms with E-state index < -0.39 is 31.4 Å². The topological polar surface area (TPSA) is 186 Å². The molecular weight excluding hydrogens is 785 g/mol. The largest absolute Gasteiger partial charge is 0.455 e. The molecular formula is C44H58N8O7S. The number of aromatic nitrogens is 2. The summed E-state index contributed by atoms with van der Waals surface area (Å²) in [6.07, 6.45) is 9.43. The SMILES string of the molecule is C=C(C)CCC1=C(CN2CCN(c3ccc(C(=O)NS(=O)(=O)c4ccc(NCCCN(C)CCO)c([N+](=O)[O-])c4)c(Oc4cnc5[nH]ccc5c4)c3)CC2)CCC(C)(C)C1. The molecule has 6 rings (SSSR count). The van der Waals surface area contributed by atoms with Gasteiger partial charge in [-0.05, 0) is 101 Å². The van der Waals surface area contributed by atoms with Crippen molar-refractivity contribution >= 4 is 44.0 Å². The quantitative estimate of drug-likeness (QED) is 0.0326. The number of aliphatic hydroxyl groups excluding tert-OH is 1. The number of piperazine rings is 1. The van der Waals surface area contributed by atoms with Gasteiger partial charge < -0.3 is 29.9 Å². The van der Waals surface area contributed by atoms with E-state index in [1.165, 1.54) is 30.3 Å². The fourth-order valence-corrected chi connectivity index (χ4v) is 8.85. The second-order valence-electron chi connectivity index (χ2n) is 16.8. The number of pyridine rings is 1. The molecule has 0 atom stereocenters. The third-order valence-corrected chi connectivity index (χ3v) is 12.7. The zero-order chi connectivity index (χ0) is 43.0. The lowest BCUT2D eigenvalue weighted by atomic mass is 9.73. The molecule has 4 aromatic rings. The highest BCUT2D eigenvalue weighted by molar-refractivity contribution is 7.90. The lowest BCUT2D eigenvalue weighted by Gasteiger charge is -2.39. The number of hydrogen-bond acceptors (Lipinski definition) is 12. The molecule has 1 saturated heterocycles. The van der Waals surface area contributed by atoms with E-state index >= 15 is 0 Å². The maximum absolute atomic E-state index is 13.9. The standard InChI is InChI=1S/C44H58N8O7S/c1-31(2)7-8-33-28-44(3,4)15-13-34(33)30-50-19-21-51(22-20-50)35-9-11-38(41(26-35)59-36-25-32-14-17-46-42(32)47-29-36)43(54)48-60(57,58)37-10-12-39(40(27-37)52(55)56)45-16-6-18-49(5)23-24-53/h9-12,14,17,25-27,29,45,53H,1,6-8,13,15-16,18-24,28,30H2,2-5H3,(H,46,47)(H,48,54). The number of rotatable bonds is 19. The average molecular weight is 843 g/mol. The van der Waals surface area contributed by atoms with E-state index in [2.05, 4.69) is 57.2 Å². The second kappa shape index (κ2) is 19.4. The van der Waals surface area contributed by atoms with E-state index in [0.717, 1.165) is 75.5 Å².